The van der Waals surface area contributed by atoms with Gasteiger partial charge in [-0.25, -0.2) is 4.98 Å². The zero-order valence-corrected chi connectivity index (χ0v) is 24.2. The number of aromatic nitrogens is 3. The van der Waals surface area contributed by atoms with Crippen molar-refractivity contribution in [3.8, 4) is 34.9 Å². The molecule has 8 rings (SSSR count). The van der Waals surface area contributed by atoms with Gasteiger partial charge in [0.05, 0.1) is 33.2 Å². The van der Waals surface area contributed by atoms with Crippen molar-refractivity contribution in [3.63, 3.8) is 0 Å². The first-order valence-electron chi connectivity index (χ1n) is 14.5. The summed E-state index contributed by atoms with van der Waals surface area (Å²) in [7, 11) is 0. The minimum atomic E-state index is 0.351. The minimum absolute atomic E-state index is 0.351. The van der Waals surface area contributed by atoms with Crippen molar-refractivity contribution < 1.29 is 0 Å². The van der Waals surface area contributed by atoms with Crippen LogP contribution in [0.3, 0.4) is 0 Å². The molecular formula is C39H25N5. The molecule has 0 fully saturated rings. The van der Waals surface area contributed by atoms with Crippen molar-refractivity contribution in [3.05, 3.63) is 138 Å². The number of nitrogens with zero attached hydrogens (tertiary/aromatic N) is 5. The third-order valence-electron chi connectivity index (χ3n) is 8.51. The third kappa shape index (κ3) is 3.81. The average Bonchev–Trinajstić information content (AvgIpc) is 3.56. The third-order valence-corrected chi connectivity index (χ3v) is 8.51. The van der Waals surface area contributed by atoms with Crippen LogP contribution in [-0.4, -0.2) is 14.1 Å². The standard InChI is InChI=1S/C39H25N5/c1-24-11-15-36-32(17-24)30-7-3-5-9-34(30)43(36)38-20-28(26-13-14-27(22-40)29(19-26)23-41)21-39(42-38)44-35-10-6-4-8-31(35)33-18-25(2)12-16-37(33)44/h3-21H,1-2H3. The van der Waals surface area contributed by atoms with E-state index in [0.29, 0.717) is 11.1 Å². The Balaban J connectivity index is 1.50. The van der Waals surface area contributed by atoms with Crippen molar-refractivity contribution in [2.45, 2.75) is 13.8 Å². The fourth-order valence-corrected chi connectivity index (χ4v) is 6.48. The van der Waals surface area contributed by atoms with Crippen LogP contribution in [0.15, 0.2) is 115 Å². The Morgan fingerprint density at radius 1 is 0.477 bits per heavy atom. The summed E-state index contributed by atoms with van der Waals surface area (Å²) in [6, 6.07) is 43.8. The summed E-state index contributed by atoms with van der Waals surface area (Å²) in [6.45, 7) is 4.23. The molecule has 206 valence electrons. The Kier molecular flexibility index (Phi) is 5.63. The van der Waals surface area contributed by atoms with Crippen molar-refractivity contribution in [2.24, 2.45) is 0 Å². The molecule has 0 saturated carbocycles. The van der Waals surface area contributed by atoms with E-state index in [2.05, 4.69) is 132 Å². The summed E-state index contributed by atoms with van der Waals surface area (Å²) in [6.07, 6.45) is 0. The lowest BCUT2D eigenvalue weighted by Gasteiger charge is -2.15. The topological polar surface area (TPSA) is 70.3 Å². The van der Waals surface area contributed by atoms with Gasteiger partial charge in [-0.3, -0.25) is 9.13 Å². The van der Waals surface area contributed by atoms with Crippen LogP contribution < -0.4 is 0 Å². The van der Waals surface area contributed by atoms with Crippen LogP contribution in [0.2, 0.25) is 0 Å². The molecule has 0 radical (unpaired) electrons. The van der Waals surface area contributed by atoms with E-state index in [9.17, 15) is 10.5 Å². The van der Waals surface area contributed by atoms with Gasteiger partial charge in [-0.05, 0) is 85.6 Å². The Morgan fingerprint density at radius 3 is 1.50 bits per heavy atom. The zero-order valence-electron chi connectivity index (χ0n) is 24.2. The molecule has 0 aliphatic rings. The second-order valence-corrected chi connectivity index (χ2v) is 11.3. The maximum Gasteiger partial charge on any atom is 0.140 e. The van der Waals surface area contributed by atoms with Crippen LogP contribution in [0.25, 0.3) is 66.4 Å². The monoisotopic (exact) mass is 563 g/mol. The smallest absolute Gasteiger partial charge is 0.140 e. The van der Waals surface area contributed by atoms with Crippen molar-refractivity contribution in [1.82, 2.24) is 14.1 Å². The molecule has 5 aromatic carbocycles. The molecule has 0 aliphatic heterocycles. The van der Waals surface area contributed by atoms with E-state index < -0.39 is 0 Å². The largest absolute Gasteiger partial charge is 0.294 e. The average molecular weight is 564 g/mol. The molecule has 8 aromatic rings. The maximum absolute atomic E-state index is 9.83. The molecule has 3 aromatic heterocycles. The second-order valence-electron chi connectivity index (χ2n) is 11.3. The summed E-state index contributed by atoms with van der Waals surface area (Å²) in [5.41, 5.74) is 9.14. The minimum Gasteiger partial charge on any atom is -0.294 e. The van der Waals surface area contributed by atoms with Gasteiger partial charge in [0.2, 0.25) is 0 Å². The SMILES string of the molecule is Cc1ccc2c(c1)c1ccccc1n2-c1cc(-c2ccc(C#N)c(C#N)c2)cc(-n2c3ccccc3c3cc(C)ccc32)n1. The van der Waals surface area contributed by atoms with Crippen LogP contribution in [0.5, 0.6) is 0 Å². The van der Waals surface area contributed by atoms with Crippen molar-refractivity contribution in [1.29, 1.82) is 10.5 Å². The van der Waals surface area contributed by atoms with Crippen molar-refractivity contribution >= 4 is 43.6 Å². The first kappa shape index (κ1) is 25.5. The van der Waals surface area contributed by atoms with E-state index in [0.717, 1.165) is 55.6 Å². The number of fused-ring (bicyclic) bond motifs is 6. The molecule has 0 unspecified atom stereocenters. The number of hydrogen-bond donors (Lipinski definition) is 0. The molecule has 0 bridgehead atoms. The van der Waals surface area contributed by atoms with Gasteiger partial charge in [-0.15, -0.1) is 0 Å². The number of benzene rings is 5. The molecule has 44 heavy (non-hydrogen) atoms. The quantitative estimate of drug-likeness (QED) is 0.215. The molecule has 0 amide bonds. The molecule has 0 spiro atoms. The maximum atomic E-state index is 9.83. The van der Waals surface area contributed by atoms with Gasteiger partial charge in [-0.2, -0.15) is 10.5 Å². The highest BCUT2D eigenvalue weighted by Gasteiger charge is 2.19. The first-order chi connectivity index (χ1) is 21.5. The van der Waals surface area contributed by atoms with E-state index in [-0.39, 0.29) is 0 Å². The fraction of sp³-hybridized carbons (Fsp3) is 0.0513. The number of nitriles is 2. The molecule has 3 heterocycles. The lowest BCUT2D eigenvalue weighted by molar-refractivity contribution is 1.01. The van der Waals surface area contributed by atoms with Crippen LogP contribution in [0, 0.1) is 36.5 Å². The number of para-hydroxylation sites is 2. The fourth-order valence-electron chi connectivity index (χ4n) is 6.48. The number of aryl methyl sites for hydroxylation is 2. The molecule has 0 N–H and O–H groups in total. The Bertz CT molecular complexity index is 2410. The number of pyridine rings is 1. The summed E-state index contributed by atoms with van der Waals surface area (Å²) in [5, 5.41) is 24.1. The normalized spacial score (nSPS) is 11.4. The van der Waals surface area contributed by atoms with E-state index in [1.807, 2.05) is 6.07 Å². The highest BCUT2D eigenvalue weighted by Crippen LogP contribution is 2.37. The van der Waals surface area contributed by atoms with Crippen LogP contribution >= 0.6 is 0 Å². The molecule has 5 heteroatoms. The first-order valence-corrected chi connectivity index (χ1v) is 14.5. The van der Waals surface area contributed by atoms with Crippen LogP contribution in [-0.2, 0) is 0 Å². The van der Waals surface area contributed by atoms with Gasteiger partial charge in [0, 0.05) is 21.5 Å². The van der Waals surface area contributed by atoms with E-state index in [4.69, 9.17) is 4.98 Å². The lowest BCUT2D eigenvalue weighted by atomic mass is 10.0. The molecule has 0 atom stereocenters. The Hall–Kier alpha value is -6.17. The number of rotatable bonds is 3. The second kappa shape index (κ2) is 9.70. The van der Waals surface area contributed by atoms with Gasteiger partial charge in [-0.1, -0.05) is 65.7 Å². The number of hydrogen-bond acceptors (Lipinski definition) is 3. The Labute approximate surface area is 254 Å². The molecule has 0 aliphatic carbocycles. The van der Waals surface area contributed by atoms with Crippen molar-refractivity contribution in [2.75, 3.05) is 0 Å². The molecule has 0 saturated heterocycles. The van der Waals surface area contributed by atoms with E-state index >= 15 is 0 Å². The summed E-state index contributed by atoms with van der Waals surface area (Å²) in [4.78, 5) is 5.37. The van der Waals surface area contributed by atoms with Gasteiger partial charge < -0.3 is 0 Å². The summed E-state index contributed by atoms with van der Waals surface area (Å²) in [5.74, 6) is 1.54. The van der Waals surface area contributed by atoms with E-state index in [1.165, 1.54) is 21.9 Å². The van der Waals surface area contributed by atoms with E-state index in [1.54, 1.807) is 12.1 Å². The molecular weight excluding hydrogens is 538 g/mol. The predicted molar refractivity (Wildman–Crippen MR) is 177 cm³/mol. The molecule has 5 nitrogen and oxygen atoms in total. The highest BCUT2D eigenvalue weighted by molar-refractivity contribution is 6.10. The van der Waals surface area contributed by atoms with Gasteiger partial charge >= 0.3 is 0 Å². The lowest BCUT2D eigenvalue weighted by Crippen LogP contribution is -2.04. The van der Waals surface area contributed by atoms with Gasteiger partial charge in [0.25, 0.3) is 0 Å². The highest BCUT2D eigenvalue weighted by atomic mass is 15.1. The Morgan fingerprint density at radius 2 is 0.977 bits per heavy atom. The van der Waals surface area contributed by atoms with Gasteiger partial charge in [0.1, 0.15) is 23.8 Å². The zero-order chi connectivity index (χ0) is 29.9. The van der Waals surface area contributed by atoms with Crippen LogP contribution in [0.1, 0.15) is 22.3 Å². The summed E-state index contributed by atoms with van der Waals surface area (Å²) >= 11 is 0. The van der Waals surface area contributed by atoms with Crippen LogP contribution in [0.4, 0.5) is 0 Å². The van der Waals surface area contributed by atoms with Gasteiger partial charge in [0.15, 0.2) is 0 Å². The summed E-state index contributed by atoms with van der Waals surface area (Å²) < 4.78 is 4.45. The predicted octanol–water partition coefficient (Wildman–Crippen LogP) is 9.30.